The molecule has 3 rings (SSSR count). The van der Waals surface area contributed by atoms with Crippen molar-refractivity contribution in [3.8, 4) is 11.3 Å². The van der Waals surface area contributed by atoms with Crippen molar-refractivity contribution in [3.05, 3.63) is 36.5 Å². The molecule has 2 aromatic heterocycles. The second kappa shape index (κ2) is 4.51. The molecule has 0 spiro atoms. The predicted octanol–water partition coefficient (Wildman–Crippen LogP) is 1.85. The number of nitrogens with one attached hydrogen (secondary N) is 1. The Morgan fingerprint density at radius 1 is 1.37 bits per heavy atom. The number of hydrogen-bond acceptors (Lipinski definition) is 3. The Morgan fingerprint density at radius 2 is 2.21 bits per heavy atom. The van der Waals surface area contributed by atoms with Gasteiger partial charge >= 0.3 is 0 Å². The summed E-state index contributed by atoms with van der Waals surface area (Å²) in [5, 5.41) is 0. The standard InChI is InChI=1S/C14H17N5/c1-9(15)5-14-16-7-12(18-14)10-3-4-13-11(6-10)17-8-19(13)2/h3-4,6-9H,5,15H2,1-2H3,(H,16,18). The summed E-state index contributed by atoms with van der Waals surface area (Å²) in [5.74, 6) is 0.922. The van der Waals surface area contributed by atoms with Gasteiger partial charge in [-0.15, -0.1) is 0 Å². The lowest BCUT2D eigenvalue weighted by molar-refractivity contribution is 0.710. The zero-order valence-corrected chi connectivity index (χ0v) is 11.1. The Labute approximate surface area is 111 Å². The van der Waals surface area contributed by atoms with E-state index in [1.165, 1.54) is 0 Å². The molecule has 0 aliphatic rings. The molecule has 19 heavy (non-hydrogen) atoms. The zero-order chi connectivity index (χ0) is 13.4. The van der Waals surface area contributed by atoms with Crippen LogP contribution in [0.25, 0.3) is 22.3 Å². The van der Waals surface area contributed by atoms with Gasteiger partial charge in [0.2, 0.25) is 0 Å². The number of nitrogens with two attached hydrogens (primary N) is 1. The molecule has 1 atom stereocenters. The number of aromatic amines is 1. The molecule has 0 saturated carbocycles. The van der Waals surface area contributed by atoms with E-state index >= 15 is 0 Å². The minimum absolute atomic E-state index is 0.109. The third-order valence-electron chi connectivity index (χ3n) is 3.18. The van der Waals surface area contributed by atoms with Crippen molar-refractivity contribution >= 4 is 11.0 Å². The molecule has 0 amide bonds. The number of benzene rings is 1. The molecule has 0 aliphatic heterocycles. The van der Waals surface area contributed by atoms with Gasteiger partial charge in [-0.3, -0.25) is 0 Å². The molecule has 98 valence electrons. The first kappa shape index (κ1) is 11.9. The summed E-state index contributed by atoms with van der Waals surface area (Å²) < 4.78 is 2.01. The highest BCUT2D eigenvalue weighted by atomic mass is 15.0. The Kier molecular flexibility index (Phi) is 2.83. The number of nitrogens with zero attached hydrogens (tertiary/aromatic N) is 3. The molecule has 0 fully saturated rings. The fraction of sp³-hybridized carbons (Fsp3) is 0.286. The van der Waals surface area contributed by atoms with Crippen molar-refractivity contribution in [1.29, 1.82) is 0 Å². The van der Waals surface area contributed by atoms with E-state index in [4.69, 9.17) is 5.73 Å². The molecule has 1 aromatic carbocycles. The maximum Gasteiger partial charge on any atom is 0.108 e. The second-order valence-corrected chi connectivity index (χ2v) is 4.98. The summed E-state index contributed by atoms with van der Waals surface area (Å²) in [5.41, 5.74) is 9.99. The average Bonchev–Trinajstić information content (AvgIpc) is 2.96. The third-order valence-corrected chi connectivity index (χ3v) is 3.18. The summed E-state index contributed by atoms with van der Waals surface area (Å²) in [6.45, 7) is 1.97. The fourth-order valence-electron chi connectivity index (χ4n) is 2.22. The van der Waals surface area contributed by atoms with Crippen LogP contribution in [0.3, 0.4) is 0 Å². The summed E-state index contributed by atoms with van der Waals surface area (Å²) in [6, 6.07) is 6.33. The topological polar surface area (TPSA) is 72.5 Å². The van der Waals surface area contributed by atoms with Crippen molar-refractivity contribution in [3.63, 3.8) is 0 Å². The summed E-state index contributed by atoms with van der Waals surface area (Å²) in [4.78, 5) is 12.0. The van der Waals surface area contributed by atoms with Crippen LogP contribution in [-0.4, -0.2) is 25.6 Å². The van der Waals surface area contributed by atoms with E-state index in [-0.39, 0.29) is 6.04 Å². The minimum Gasteiger partial charge on any atom is -0.342 e. The second-order valence-electron chi connectivity index (χ2n) is 4.98. The quantitative estimate of drug-likeness (QED) is 0.750. The van der Waals surface area contributed by atoms with Crippen LogP contribution < -0.4 is 5.73 Å². The monoisotopic (exact) mass is 255 g/mol. The van der Waals surface area contributed by atoms with Gasteiger partial charge in [-0.05, 0) is 19.1 Å². The largest absolute Gasteiger partial charge is 0.342 e. The molecular weight excluding hydrogens is 238 g/mol. The number of imidazole rings is 2. The molecule has 0 saturated heterocycles. The molecular formula is C14H17N5. The van der Waals surface area contributed by atoms with E-state index in [9.17, 15) is 0 Å². The third kappa shape index (κ3) is 2.24. The molecule has 1 unspecified atom stereocenters. The lowest BCUT2D eigenvalue weighted by Crippen LogP contribution is -2.18. The van der Waals surface area contributed by atoms with Crippen molar-refractivity contribution < 1.29 is 0 Å². The number of rotatable bonds is 3. The van der Waals surface area contributed by atoms with Crippen molar-refractivity contribution in [2.75, 3.05) is 0 Å². The van der Waals surface area contributed by atoms with Crippen molar-refractivity contribution in [2.24, 2.45) is 12.8 Å². The van der Waals surface area contributed by atoms with Gasteiger partial charge in [0.25, 0.3) is 0 Å². The molecule has 3 N–H and O–H groups in total. The van der Waals surface area contributed by atoms with E-state index in [1.54, 1.807) is 0 Å². The van der Waals surface area contributed by atoms with Gasteiger partial charge in [0.15, 0.2) is 0 Å². The fourth-order valence-corrected chi connectivity index (χ4v) is 2.22. The molecule has 2 heterocycles. The highest BCUT2D eigenvalue weighted by Gasteiger charge is 2.07. The molecule has 0 radical (unpaired) electrons. The average molecular weight is 255 g/mol. The van der Waals surface area contributed by atoms with Crippen LogP contribution in [-0.2, 0) is 13.5 Å². The lowest BCUT2D eigenvalue weighted by Gasteiger charge is -2.01. The highest BCUT2D eigenvalue weighted by molar-refractivity contribution is 5.81. The van der Waals surface area contributed by atoms with Crippen molar-refractivity contribution in [2.45, 2.75) is 19.4 Å². The van der Waals surface area contributed by atoms with Gasteiger partial charge in [0.05, 0.1) is 29.3 Å². The Morgan fingerprint density at radius 3 is 3.00 bits per heavy atom. The van der Waals surface area contributed by atoms with Crippen LogP contribution in [0.5, 0.6) is 0 Å². The number of fused-ring (bicyclic) bond motifs is 1. The molecule has 0 aliphatic carbocycles. The van der Waals surface area contributed by atoms with Crippen LogP contribution >= 0.6 is 0 Å². The summed E-state index contributed by atoms with van der Waals surface area (Å²) in [7, 11) is 1.99. The molecule has 0 bridgehead atoms. The predicted molar refractivity (Wildman–Crippen MR) is 75.6 cm³/mol. The van der Waals surface area contributed by atoms with Gasteiger partial charge in [0.1, 0.15) is 5.82 Å². The molecule has 5 nitrogen and oxygen atoms in total. The lowest BCUT2D eigenvalue weighted by atomic mass is 10.1. The van der Waals surface area contributed by atoms with E-state index in [1.807, 2.05) is 31.1 Å². The van der Waals surface area contributed by atoms with E-state index in [0.717, 1.165) is 34.5 Å². The first-order valence-electron chi connectivity index (χ1n) is 6.34. The minimum atomic E-state index is 0.109. The van der Waals surface area contributed by atoms with Gasteiger partial charge in [0, 0.05) is 25.1 Å². The number of aromatic nitrogens is 4. The maximum absolute atomic E-state index is 5.78. The van der Waals surface area contributed by atoms with Crippen LogP contribution in [0.1, 0.15) is 12.7 Å². The molecule has 3 aromatic rings. The first-order valence-corrected chi connectivity index (χ1v) is 6.34. The SMILES string of the molecule is CC(N)Cc1ncc(-c2ccc3c(c2)ncn3C)[nH]1. The van der Waals surface area contributed by atoms with Gasteiger partial charge < -0.3 is 15.3 Å². The smallest absolute Gasteiger partial charge is 0.108 e. The number of aryl methyl sites for hydroxylation is 1. The van der Waals surface area contributed by atoms with E-state index in [0.29, 0.717) is 0 Å². The van der Waals surface area contributed by atoms with Gasteiger partial charge in [-0.1, -0.05) is 6.07 Å². The highest BCUT2D eigenvalue weighted by Crippen LogP contribution is 2.22. The van der Waals surface area contributed by atoms with E-state index in [2.05, 4.69) is 33.2 Å². The van der Waals surface area contributed by atoms with Gasteiger partial charge in [-0.2, -0.15) is 0 Å². The Balaban J connectivity index is 1.97. The first-order chi connectivity index (χ1) is 9.13. The van der Waals surface area contributed by atoms with Crippen LogP contribution in [0.4, 0.5) is 0 Å². The number of hydrogen-bond donors (Lipinski definition) is 2. The number of H-pyrrole nitrogens is 1. The summed E-state index contributed by atoms with van der Waals surface area (Å²) in [6.07, 6.45) is 4.43. The zero-order valence-electron chi connectivity index (χ0n) is 11.1. The van der Waals surface area contributed by atoms with Crippen molar-refractivity contribution in [1.82, 2.24) is 19.5 Å². The van der Waals surface area contributed by atoms with Crippen LogP contribution in [0.2, 0.25) is 0 Å². The van der Waals surface area contributed by atoms with Gasteiger partial charge in [-0.25, -0.2) is 9.97 Å². The maximum atomic E-state index is 5.78. The normalized spacial score (nSPS) is 13.0. The van der Waals surface area contributed by atoms with Crippen LogP contribution in [0, 0.1) is 0 Å². The summed E-state index contributed by atoms with van der Waals surface area (Å²) >= 11 is 0. The van der Waals surface area contributed by atoms with E-state index < -0.39 is 0 Å². The molecule has 5 heteroatoms. The van der Waals surface area contributed by atoms with Crippen LogP contribution in [0.15, 0.2) is 30.7 Å². The Hall–Kier alpha value is -2.14. The Bertz CT molecular complexity index is 708.